The van der Waals surface area contributed by atoms with Gasteiger partial charge in [-0.3, -0.25) is 0 Å². The maximum absolute atomic E-state index is 6.01. The molecule has 1 nitrogen and oxygen atoms in total. The molecule has 1 N–H and O–H groups in total. The van der Waals surface area contributed by atoms with E-state index >= 15 is 0 Å². The van der Waals surface area contributed by atoms with E-state index in [2.05, 4.69) is 10.7 Å². The van der Waals surface area contributed by atoms with Gasteiger partial charge in [0.05, 0.1) is 5.02 Å². The van der Waals surface area contributed by atoms with Crippen LogP contribution in [0.3, 0.4) is 0 Å². The van der Waals surface area contributed by atoms with Crippen LogP contribution in [0.25, 0.3) is 0 Å². The van der Waals surface area contributed by atoms with Crippen molar-refractivity contribution in [1.29, 1.82) is 0 Å². The van der Waals surface area contributed by atoms with Gasteiger partial charge in [0.2, 0.25) is 0 Å². The first-order valence-electron chi connectivity index (χ1n) is 4.29. The smallest absolute Gasteiger partial charge is 0.0545 e. The van der Waals surface area contributed by atoms with Gasteiger partial charge >= 0.3 is 0 Å². The molecule has 12 heavy (non-hydrogen) atoms. The normalized spacial score (nSPS) is 23.2. The monoisotopic (exact) mass is 201 g/mol. The average Bonchev–Trinajstić information content (AvgIpc) is 2.65. The zero-order valence-corrected chi connectivity index (χ0v) is 8.42. The molecule has 1 aliphatic rings. The highest BCUT2D eigenvalue weighted by molar-refractivity contribution is 7.10. The number of nitrogens with one attached hydrogen (secondary N) is 1. The van der Waals surface area contributed by atoms with Crippen LogP contribution in [-0.2, 0) is 6.42 Å². The van der Waals surface area contributed by atoms with Gasteiger partial charge in [-0.2, -0.15) is 0 Å². The molecule has 3 heteroatoms. The highest BCUT2D eigenvalue weighted by atomic mass is 35.5. The summed E-state index contributed by atoms with van der Waals surface area (Å²) < 4.78 is 0. The fourth-order valence-electron chi connectivity index (χ4n) is 1.62. The lowest BCUT2D eigenvalue weighted by Crippen LogP contribution is -2.10. The van der Waals surface area contributed by atoms with Crippen LogP contribution in [0, 0.1) is 5.92 Å². The van der Waals surface area contributed by atoms with Gasteiger partial charge in [0, 0.05) is 4.88 Å². The average molecular weight is 202 g/mol. The summed E-state index contributed by atoms with van der Waals surface area (Å²) in [7, 11) is 0. The summed E-state index contributed by atoms with van der Waals surface area (Å²) in [5.74, 6) is 0.807. The van der Waals surface area contributed by atoms with Crippen LogP contribution in [0.2, 0.25) is 5.02 Å². The van der Waals surface area contributed by atoms with Gasteiger partial charge in [-0.15, -0.1) is 11.3 Å². The number of thiophene rings is 1. The van der Waals surface area contributed by atoms with E-state index in [1.54, 1.807) is 11.3 Å². The van der Waals surface area contributed by atoms with Crippen molar-refractivity contribution in [2.45, 2.75) is 12.8 Å². The van der Waals surface area contributed by atoms with Crippen molar-refractivity contribution < 1.29 is 0 Å². The maximum atomic E-state index is 6.01. The molecule has 0 spiro atoms. The summed E-state index contributed by atoms with van der Waals surface area (Å²) in [5, 5.41) is 6.39. The van der Waals surface area contributed by atoms with Crippen LogP contribution in [0.5, 0.6) is 0 Å². The first kappa shape index (κ1) is 8.54. The number of hydrogen-bond donors (Lipinski definition) is 1. The van der Waals surface area contributed by atoms with Crippen LogP contribution < -0.4 is 5.32 Å². The molecule has 0 radical (unpaired) electrons. The molecule has 1 aromatic rings. The van der Waals surface area contributed by atoms with Crippen LogP contribution >= 0.6 is 22.9 Å². The van der Waals surface area contributed by atoms with E-state index in [0.29, 0.717) is 0 Å². The van der Waals surface area contributed by atoms with E-state index in [-0.39, 0.29) is 0 Å². The summed E-state index contributed by atoms with van der Waals surface area (Å²) in [6.07, 6.45) is 2.46. The van der Waals surface area contributed by atoms with Crippen molar-refractivity contribution in [2.24, 2.45) is 5.92 Å². The third-order valence-electron chi connectivity index (χ3n) is 2.33. The molecule has 2 heterocycles. The summed E-state index contributed by atoms with van der Waals surface area (Å²) in [6, 6.07) is 1.99. The van der Waals surface area contributed by atoms with Gasteiger partial charge in [0.25, 0.3) is 0 Å². The molecule has 1 aromatic heterocycles. The molecular formula is C9H12ClNS. The van der Waals surface area contributed by atoms with Crippen LogP contribution in [0.15, 0.2) is 11.4 Å². The summed E-state index contributed by atoms with van der Waals surface area (Å²) in [4.78, 5) is 1.35. The van der Waals surface area contributed by atoms with E-state index in [4.69, 9.17) is 11.6 Å². The minimum atomic E-state index is 0.807. The molecule has 0 aromatic carbocycles. The van der Waals surface area contributed by atoms with E-state index in [1.165, 1.54) is 17.8 Å². The van der Waals surface area contributed by atoms with E-state index < -0.39 is 0 Å². The van der Waals surface area contributed by atoms with E-state index in [1.807, 2.05) is 6.07 Å². The standard InChI is InChI=1S/C9H12ClNS/c10-8-2-4-12-9(8)5-7-1-3-11-6-7/h2,4,7,11H,1,3,5-6H2. The predicted octanol–water partition coefficient (Wildman–Crippen LogP) is 2.55. The molecule has 2 rings (SSSR count). The van der Waals surface area contributed by atoms with Gasteiger partial charge in [-0.05, 0) is 43.3 Å². The Labute approximate surface area is 81.7 Å². The van der Waals surface area contributed by atoms with Crippen molar-refractivity contribution >= 4 is 22.9 Å². The van der Waals surface area contributed by atoms with Crippen molar-refractivity contribution in [3.63, 3.8) is 0 Å². The Hall–Kier alpha value is -0.0500. The third kappa shape index (κ3) is 1.82. The Morgan fingerprint density at radius 2 is 2.58 bits per heavy atom. The molecule has 66 valence electrons. The lowest BCUT2D eigenvalue weighted by atomic mass is 10.0. The van der Waals surface area contributed by atoms with Crippen molar-refractivity contribution in [3.8, 4) is 0 Å². The zero-order chi connectivity index (χ0) is 8.39. The first-order valence-corrected chi connectivity index (χ1v) is 5.54. The summed E-state index contributed by atoms with van der Waals surface area (Å²) in [5.41, 5.74) is 0. The molecule has 1 saturated heterocycles. The SMILES string of the molecule is Clc1ccsc1CC1CCNC1. The highest BCUT2D eigenvalue weighted by Crippen LogP contribution is 2.26. The fourth-order valence-corrected chi connectivity index (χ4v) is 2.85. The molecule has 1 atom stereocenters. The second kappa shape index (κ2) is 3.77. The van der Waals surface area contributed by atoms with Gasteiger partial charge in [0.1, 0.15) is 0 Å². The molecular weight excluding hydrogens is 190 g/mol. The Morgan fingerprint density at radius 3 is 3.17 bits per heavy atom. The third-order valence-corrected chi connectivity index (χ3v) is 3.74. The maximum Gasteiger partial charge on any atom is 0.0545 e. The molecule has 0 amide bonds. The van der Waals surface area contributed by atoms with E-state index in [0.717, 1.165) is 23.9 Å². The van der Waals surface area contributed by atoms with Gasteiger partial charge in [-0.25, -0.2) is 0 Å². The van der Waals surface area contributed by atoms with Gasteiger partial charge in [-0.1, -0.05) is 11.6 Å². The lowest BCUT2D eigenvalue weighted by molar-refractivity contribution is 0.585. The van der Waals surface area contributed by atoms with Gasteiger partial charge in [0.15, 0.2) is 0 Å². The number of halogens is 1. The molecule has 1 unspecified atom stereocenters. The molecule has 0 aliphatic carbocycles. The Balaban J connectivity index is 1.98. The Kier molecular flexibility index (Phi) is 2.69. The Morgan fingerprint density at radius 1 is 1.67 bits per heavy atom. The van der Waals surface area contributed by atoms with Crippen LogP contribution in [0.4, 0.5) is 0 Å². The topological polar surface area (TPSA) is 12.0 Å². The first-order chi connectivity index (χ1) is 5.86. The van der Waals surface area contributed by atoms with Gasteiger partial charge < -0.3 is 5.32 Å². The lowest BCUT2D eigenvalue weighted by Gasteiger charge is -2.05. The predicted molar refractivity (Wildman–Crippen MR) is 54.0 cm³/mol. The molecule has 1 aliphatic heterocycles. The summed E-state index contributed by atoms with van der Waals surface area (Å²) >= 11 is 7.78. The van der Waals surface area contributed by atoms with Crippen molar-refractivity contribution in [3.05, 3.63) is 21.3 Å². The van der Waals surface area contributed by atoms with Crippen molar-refractivity contribution in [2.75, 3.05) is 13.1 Å². The zero-order valence-electron chi connectivity index (χ0n) is 6.85. The molecule has 1 fully saturated rings. The highest BCUT2D eigenvalue weighted by Gasteiger charge is 2.16. The van der Waals surface area contributed by atoms with Crippen LogP contribution in [0.1, 0.15) is 11.3 Å². The minimum absolute atomic E-state index is 0.807. The fraction of sp³-hybridized carbons (Fsp3) is 0.556. The van der Waals surface area contributed by atoms with Crippen molar-refractivity contribution in [1.82, 2.24) is 5.32 Å². The molecule has 0 saturated carbocycles. The number of hydrogen-bond acceptors (Lipinski definition) is 2. The second-order valence-electron chi connectivity index (χ2n) is 3.25. The quantitative estimate of drug-likeness (QED) is 0.776. The summed E-state index contributed by atoms with van der Waals surface area (Å²) in [6.45, 7) is 2.34. The second-order valence-corrected chi connectivity index (χ2v) is 4.66. The van der Waals surface area contributed by atoms with Crippen LogP contribution in [-0.4, -0.2) is 13.1 Å². The molecule has 0 bridgehead atoms. The number of rotatable bonds is 2. The van der Waals surface area contributed by atoms with E-state index in [9.17, 15) is 0 Å². The Bertz CT molecular complexity index is 253. The minimum Gasteiger partial charge on any atom is -0.316 e. The largest absolute Gasteiger partial charge is 0.316 e.